The summed E-state index contributed by atoms with van der Waals surface area (Å²) in [7, 11) is 0. The molecule has 1 aliphatic heterocycles. The van der Waals surface area contributed by atoms with Crippen LogP contribution in [0.5, 0.6) is 0 Å². The van der Waals surface area contributed by atoms with Crippen LogP contribution >= 0.6 is 0 Å². The molecule has 2 amide bonds. The van der Waals surface area contributed by atoms with E-state index in [0.29, 0.717) is 24.1 Å². The summed E-state index contributed by atoms with van der Waals surface area (Å²) in [6.45, 7) is 2.82. The number of nitrogens with one attached hydrogen (secondary N) is 1. The van der Waals surface area contributed by atoms with Gasteiger partial charge in [-0.25, -0.2) is 4.98 Å². The third-order valence-electron chi connectivity index (χ3n) is 4.36. The van der Waals surface area contributed by atoms with Gasteiger partial charge in [0.1, 0.15) is 6.54 Å². The first-order valence-corrected chi connectivity index (χ1v) is 8.04. The maximum atomic E-state index is 12.3. The van der Waals surface area contributed by atoms with Crippen molar-refractivity contribution in [2.45, 2.75) is 32.4 Å². The molecular weight excluding hydrogens is 308 g/mol. The van der Waals surface area contributed by atoms with Crippen LogP contribution in [0.4, 0.5) is 0 Å². The molecule has 0 aliphatic carbocycles. The van der Waals surface area contributed by atoms with Crippen LogP contribution in [0, 0.1) is 0 Å². The SMILES string of the molecule is CC(=O)N1CCC(NC(=O)Cn2c(=O)cnc3ccccc32)CC1. The summed E-state index contributed by atoms with van der Waals surface area (Å²) in [6.07, 6.45) is 2.70. The topological polar surface area (TPSA) is 84.3 Å². The lowest BCUT2D eigenvalue weighted by molar-refractivity contribution is -0.130. The number of hydrogen-bond donors (Lipinski definition) is 1. The minimum atomic E-state index is -0.296. The zero-order valence-electron chi connectivity index (χ0n) is 13.6. The molecule has 3 rings (SSSR count). The first-order valence-electron chi connectivity index (χ1n) is 8.04. The Bertz CT molecular complexity index is 822. The van der Waals surface area contributed by atoms with Crippen LogP contribution in [-0.2, 0) is 16.1 Å². The highest BCUT2D eigenvalue weighted by molar-refractivity contribution is 5.80. The molecular formula is C17H20N4O3. The van der Waals surface area contributed by atoms with Gasteiger partial charge in [0, 0.05) is 26.1 Å². The number of carbonyl (C=O) groups excluding carboxylic acids is 2. The fourth-order valence-corrected chi connectivity index (χ4v) is 3.03. The molecule has 7 heteroatoms. The molecule has 0 spiro atoms. The fourth-order valence-electron chi connectivity index (χ4n) is 3.03. The summed E-state index contributed by atoms with van der Waals surface area (Å²) in [5.41, 5.74) is 1.03. The van der Waals surface area contributed by atoms with E-state index in [1.54, 1.807) is 24.0 Å². The molecule has 24 heavy (non-hydrogen) atoms. The highest BCUT2D eigenvalue weighted by Gasteiger charge is 2.22. The summed E-state index contributed by atoms with van der Waals surface area (Å²) in [6, 6.07) is 7.28. The number of benzene rings is 1. The first kappa shape index (κ1) is 16.2. The van der Waals surface area contributed by atoms with Gasteiger partial charge in [0.25, 0.3) is 5.56 Å². The summed E-state index contributed by atoms with van der Waals surface area (Å²) >= 11 is 0. The molecule has 1 fully saturated rings. The summed E-state index contributed by atoms with van der Waals surface area (Å²) in [5, 5.41) is 2.96. The van der Waals surface area contributed by atoms with E-state index in [1.165, 1.54) is 10.8 Å². The number of amides is 2. The van der Waals surface area contributed by atoms with E-state index in [4.69, 9.17) is 0 Å². The molecule has 126 valence electrons. The predicted molar refractivity (Wildman–Crippen MR) is 89.4 cm³/mol. The van der Waals surface area contributed by atoms with E-state index in [1.807, 2.05) is 12.1 Å². The maximum Gasteiger partial charge on any atom is 0.269 e. The van der Waals surface area contributed by atoms with Crippen molar-refractivity contribution in [1.82, 2.24) is 19.8 Å². The molecule has 7 nitrogen and oxygen atoms in total. The predicted octanol–water partition coefficient (Wildman–Crippen LogP) is 0.524. The number of nitrogens with zero attached hydrogens (tertiary/aromatic N) is 3. The van der Waals surface area contributed by atoms with E-state index in [-0.39, 0.29) is 30.0 Å². The average Bonchev–Trinajstić information content (AvgIpc) is 2.58. The summed E-state index contributed by atoms with van der Waals surface area (Å²) in [5.74, 6) is -0.135. The van der Waals surface area contributed by atoms with Crippen molar-refractivity contribution in [2.24, 2.45) is 0 Å². The number of aromatic nitrogens is 2. The quantitative estimate of drug-likeness (QED) is 0.890. The Kier molecular flexibility index (Phi) is 4.59. The molecule has 1 aliphatic rings. The lowest BCUT2D eigenvalue weighted by Gasteiger charge is -2.31. The summed E-state index contributed by atoms with van der Waals surface area (Å²) in [4.78, 5) is 41.6. The lowest BCUT2D eigenvalue weighted by atomic mass is 10.1. The zero-order chi connectivity index (χ0) is 17.1. The Hall–Kier alpha value is -2.70. The van der Waals surface area contributed by atoms with Gasteiger partial charge in [0.05, 0.1) is 17.2 Å². The van der Waals surface area contributed by atoms with E-state index in [0.717, 1.165) is 12.8 Å². The second kappa shape index (κ2) is 6.82. The lowest BCUT2D eigenvalue weighted by Crippen LogP contribution is -2.47. The minimum Gasteiger partial charge on any atom is -0.352 e. The van der Waals surface area contributed by atoms with Crippen LogP contribution in [0.1, 0.15) is 19.8 Å². The third-order valence-corrected chi connectivity index (χ3v) is 4.36. The van der Waals surface area contributed by atoms with E-state index in [2.05, 4.69) is 10.3 Å². The first-order chi connectivity index (χ1) is 11.5. The zero-order valence-corrected chi connectivity index (χ0v) is 13.6. The van der Waals surface area contributed by atoms with Crippen molar-refractivity contribution in [3.8, 4) is 0 Å². The number of likely N-dealkylation sites (tertiary alicyclic amines) is 1. The van der Waals surface area contributed by atoms with Gasteiger partial charge in [-0.1, -0.05) is 12.1 Å². The Morgan fingerprint density at radius 1 is 1.25 bits per heavy atom. The van der Waals surface area contributed by atoms with Crippen molar-refractivity contribution >= 4 is 22.8 Å². The van der Waals surface area contributed by atoms with Crippen molar-refractivity contribution in [3.63, 3.8) is 0 Å². The monoisotopic (exact) mass is 328 g/mol. The van der Waals surface area contributed by atoms with Crippen LogP contribution in [0.15, 0.2) is 35.3 Å². The molecule has 0 bridgehead atoms. The largest absolute Gasteiger partial charge is 0.352 e. The van der Waals surface area contributed by atoms with Gasteiger partial charge in [-0.3, -0.25) is 19.0 Å². The minimum absolute atomic E-state index is 0.0329. The molecule has 1 saturated heterocycles. The van der Waals surface area contributed by atoms with Gasteiger partial charge in [-0.05, 0) is 25.0 Å². The molecule has 1 aromatic heterocycles. The average molecular weight is 328 g/mol. The maximum absolute atomic E-state index is 12.3. The van der Waals surface area contributed by atoms with Crippen molar-refractivity contribution in [1.29, 1.82) is 0 Å². The van der Waals surface area contributed by atoms with Gasteiger partial charge < -0.3 is 10.2 Å². The van der Waals surface area contributed by atoms with Crippen molar-refractivity contribution < 1.29 is 9.59 Å². The molecule has 1 N–H and O–H groups in total. The van der Waals surface area contributed by atoms with Gasteiger partial charge in [0.2, 0.25) is 11.8 Å². The smallest absolute Gasteiger partial charge is 0.269 e. The van der Waals surface area contributed by atoms with Gasteiger partial charge in [-0.2, -0.15) is 0 Å². The van der Waals surface area contributed by atoms with Gasteiger partial charge >= 0.3 is 0 Å². The fraction of sp³-hybridized carbons (Fsp3) is 0.412. The second-order valence-electron chi connectivity index (χ2n) is 6.02. The van der Waals surface area contributed by atoms with Crippen LogP contribution in [-0.4, -0.2) is 45.4 Å². The number of piperidine rings is 1. The Labute approximate surface area is 139 Å². The summed E-state index contributed by atoms with van der Waals surface area (Å²) < 4.78 is 1.43. The molecule has 1 aromatic carbocycles. The molecule has 0 saturated carbocycles. The number of para-hydroxylation sites is 2. The Balaban J connectivity index is 1.67. The third kappa shape index (κ3) is 3.45. The van der Waals surface area contributed by atoms with E-state index >= 15 is 0 Å². The number of hydrogen-bond acceptors (Lipinski definition) is 4. The highest BCUT2D eigenvalue weighted by atomic mass is 16.2. The Morgan fingerprint density at radius 2 is 1.96 bits per heavy atom. The van der Waals surface area contributed by atoms with Crippen molar-refractivity contribution in [3.05, 3.63) is 40.8 Å². The normalized spacial score (nSPS) is 15.5. The Morgan fingerprint density at radius 3 is 2.67 bits per heavy atom. The van der Waals surface area contributed by atoms with Crippen molar-refractivity contribution in [2.75, 3.05) is 13.1 Å². The number of rotatable bonds is 3. The van der Waals surface area contributed by atoms with Gasteiger partial charge in [-0.15, -0.1) is 0 Å². The molecule has 0 atom stereocenters. The molecule has 0 unspecified atom stereocenters. The van der Waals surface area contributed by atoms with Crippen LogP contribution in [0.25, 0.3) is 11.0 Å². The standard InChI is InChI=1S/C17H20N4O3/c1-12(22)20-8-6-13(7-9-20)19-16(23)11-21-15-5-3-2-4-14(15)18-10-17(21)24/h2-5,10,13H,6-9,11H2,1H3,(H,19,23). The molecule has 2 heterocycles. The molecule has 2 aromatic rings. The highest BCUT2D eigenvalue weighted by Crippen LogP contribution is 2.11. The second-order valence-corrected chi connectivity index (χ2v) is 6.02. The van der Waals surface area contributed by atoms with Crippen LogP contribution < -0.4 is 10.9 Å². The number of carbonyl (C=O) groups is 2. The van der Waals surface area contributed by atoms with Crippen LogP contribution in [0.3, 0.4) is 0 Å². The van der Waals surface area contributed by atoms with Crippen LogP contribution in [0.2, 0.25) is 0 Å². The van der Waals surface area contributed by atoms with Gasteiger partial charge in [0.15, 0.2) is 0 Å². The molecule has 0 radical (unpaired) electrons. The van der Waals surface area contributed by atoms with E-state index in [9.17, 15) is 14.4 Å². The van der Waals surface area contributed by atoms with E-state index < -0.39 is 0 Å². The number of fused-ring (bicyclic) bond motifs is 1.